The third-order valence-electron chi connectivity index (χ3n) is 5.94. The van der Waals surface area contributed by atoms with Gasteiger partial charge >= 0.3 is 0 Å². The molecule has 5 nitrogen and oxygen atoms in total. The van der Waals surface area contributed by atoms with Gasteiger partial charge in [0.2, 0.25) is 5.91 Å². The van der Waals surface area contributed by atoms with Gasteiger partial charge in [-0.2, -0.15) is 0 Å². The summed E-state index contributed by atoms with van der Waals surface area (Å²) in [5.74, 6) is 2.30. The van der Waals surface area contributed by atoms with Gasteiger partial charge in [-0.1, -0.05) is 12.1 Å². The first kappa shape index (κ1) is 16.9. The lowest BCUT2D eigenvalue weighted by Gasteiger charge is -2.33. The van der Waals surface area contributed by atoms with Crippen LogP contribution in [-0.2, 0) is 17.8 Å². The maximum absolute atomic E-state index is 12.3. The Labute approximate surface area is 163 Å². The van der Waals surface area contributed by atoms with Crippen molar-refractivity contribution in [2.45, 2.75) is 19.0 Å². The molecule has 0 N–H and O–H groups in total. The highest BCUT2D eigenvalue weighted by Crippen LogP contribution is 2.43. The predicted molar refractivity (Wildman–Crippen MR) is 108 cm³/mol. The number of nitrogens with zero attached hydrogens (tertiary/aromatic N) is 1. The van der Waals surface area contributed by atoms with Gasteiger partial charge in [0.15, 0.2) is 11.5 Å². The van der Waals surface area contributed by atoms with E-state index in [1.165, 1.54) is 11.1 Å². The Morgan fingerprint density at radius 3 is 2.29 bits per heavy atom. The Morgan fingerprint density at radius 1 is 0.857 bits per heavy atom. The van der Waals surface area contributed by atoms with Crippen LogP contribution in [0.2, 0.25) is 0 Å². The minimum absolute atomic E-state index is 0.0877. The second-order valence-corrected chi connectivity index (χ2v) is 7.22. The van der Waals surface area contributed by atoms with Gasteiger partial charge in [0, 0.05) is 12.6 Å². The summed E-state index contributed by atoms with van der Waals surface area (Å²) >= 11 is 0. The van der Waals surface area contributed by atoms with E-state index in [9.17, 15) is 4.79 Å². The second-order valence-electron chi connectivity index (χ2n) is 7.22. The van der Waals surface area contributed by atoms with Crippen LogP contribution in [-0.4, -0.2) is 38.2 Å². The SMILES string of the molecule is COc1ccc2c3c(c4cc(OC)c(OC)cc4c2c1)C[C@H]1C=CC(=O)N1C3. The number of hydrogen-bond donors (Lipinski definition) is 0. The molecule has 0 unspecified atom stereocenters. The zero-order valence-electron chi connectivity index (χ0n) is 16.1. The number of carbonyl (C=O) groups is 1. The molecule has 0 aliphatic carbocycles. The van der Waals surface area contributed by atoms with Crippen molar-refractivity contribution in [3.8, 4) is 17.2 Å². The molecule has 5 rings (SSSR count). The first-order valence-corrected chi connectivity index (χ1v) is 9.30. The van der Waals surface area contributed by atoms with E-state index in [2.05, 4.69) is 18.2 Å². The second kappa shape index (κ2) is 6.16. The summed E-state index contributed by atoms with van der Waals surface area (Å²) in [5.41, 5.74) is 2.47. The molecule has 0 fully saturated rings. The van der Waals surface area contributed by atoms with Crippen LogP contribution in [0.5, 0.6) is 17.2 Å². The van der Waals surface area contributed by atoms with E-state index in [0.29, 0.717) is 18.0 Å². The van der Waals surface area contributed by atoms with Crippen LogP contribution in [0.25, 0.3) is 21.5 Å². The molecule has 5 heteroatoms. The van der Waals surface area contributed by atoms with E-state index >= 15 is 0 Å². The lowest BCUT2D eigenvalue weighted by atomic mass is 9.85. The summed E-state index contributed by atoms with van der Waals surface area (Å²) in [7, 11) is 4.97. The average molecular weight is 375 g/mol. The van der Waals surface area contributed by atoms with Crippen LogP contribution >= 0.6 is 0 Å². The number of carbonyl (C=O) groups excluding carboxylic acids is 1. The van der Waals surface area contributed by atoms with Gasteiger partial charge in [-0.25, -0.2) is 0 Å². The normalized spacial score (nSPS) is 17.8. The number of hydrogen-bond acceptors (Lipinski definition) is 4. The van der Waals surface area contributed by atoms with E-state index in [-0.39, 0.29) is 11.9 Å². The fraction of sp³-hybridized carbons (Fsp3) is 0.261. The molecular formula is C23H21NO4. The van der Waals surface area contributed by atoms with Crippen LogP contribution in [0.15, 0.2) is 42.5 Å². The van der Waals surface area contributed by atoms with Crippen molar-refractivity contribution in [1.29, 1.82) is 0 Å². The number of ether oxygens (including phenoxy) is 3. The number of rotatable bonds is 3. The van der Waals surface area contributed by atoms with Crippen molar-refractivity contribution in [3.63, 3.8) is 0 Å². The summed E-state index contributed by atoms with van der Waals surface area (Å²) in [4.78, 5) is 14.2. The lowest BCUT2D eigenvalue weighted by Crippen LogP contribution is -2.38. The van der Waals surface area contributed by atoms with Crippen molar-refractivity contribution in [1.82, 2.24) is 4.90 Å². The number of methoxy groups -OCH3 is 3. The molecule has 0 spiro atoms. The standard InChI is InChI=1S/C23H21NO4/c1-26-14-5-6-15-17(9-14)19-11-22(28-3)21(27-2)10-18(19)16-8-13-4-7-23(25)24(13)12-20(15)16/h4-7,9-11,13H,8,12H2,1-3H3/t13-/m1/s1. The molecule has 1 atom stereocenters. The van der Waals surface area contributed by atoms with Crippen LogP contribution in [0.4, 0.5) is 0 Å². The Kier molecular flexibility index (Phi) is 3.72. The molecule has 3 aromatic carbocycles. The molecule has 0 bridgehead atoms. The van der Waals surface area contributed by atoms with Gasteiger partial charge in [-0.15, -0.1) is 0 Å². The minimum atomic E-state index is 0.0877. The molecule has 2 aliphatic rings. The molecule has 142 valence electrons. The highest BCUT2D eigenvalue weighted by Gasteiger charge is 2.33. The smallest absolute Gasteiger partial charge is 0.247 e. The van der Waals surface area contributed by atoms with Crippen LogP contribution in [0.1, 0.15) is 11.1 Å². The maximum Gasteiger partial charge on any atom is 0.247 e. The first-order valence-electron chi connectivity index (χ1n) is 9.30. The van der Waals surface area contributed by atoms with Crippen LogP contribution in [0, 0.1) is 0 Å². The molecule has 0 radical (unpaired) electrons. The Morgan fingerprint density at radius 2 is 1.57 bits per heavy atom. The van der Waals surface area contributed by atoms with E-state index < -0.39 is 0 Å². The molecule has 0 saturated heterocycles. The fourth-order valence-electron chi connectivity index (χ4n) is 4.54. The zero-order valence-corrected chi connectivity index (χ0v) is 16.1. The molecular weight excluding hydrogens is 354 g/mol. The topological polar surface area (TPSA) is 48.0 Å². The first-order chi connectivity index (χ1) is 13.6. The Hall–Kier alpha value is -3.21. The highest BCUT2D eigenvalue weighted by atomic mass is 16.5. The molecule has 1 amide bonds. The van der Waals surface area contributed by atoms with Crippen LogP contribution < -0.4 is 14.2 Å². The van der Waals surface area contributed by atoms with Gasteiger partial charge in [0.1, 0.15) is 5.75 Å². The van der Waals surface area contributed by atoms with Crippen molar-refractivity contribution in [2.24, 2.45) is 0 Å². The van der Waals surface area contributed by atoms with Gasteiger partial charge in [-0.3, -0.25) is 4.79 Å². The zero-order chi connectivity index (χ0) is 19.4. The molecule has 28 heavy (non-hydrogen) atoms. The quantitative estimate of drug-likeness (QED) is 0.653. The average Bonchev–Trinajstić information content (AvgIpc) is 3.11. The molecule has 3 aromatic rings. The molecule has 0 aromatic heterocycles. The molecule has 0 saturated carbocycles. The summed E-state index contributed by atoms with van der Waals surface area (Å²) < 4.78 is 16.6. The fourth-order valence-corrected chi connectivity index (χ4v) is 4.54. The van der Waals surface area contributed by atoms with Crippen molar-refractivity contribution >= 4 is 27.5 Å². The van der Waals surface area contributed by atoms with Gasteiger partial charge in [-0.05, 0) is 63.4 Å². The molecule has 2 heterocycles. The minimum Gasteiger partial charge on any atom is -0.497 e. The van der Waals surface area contributed by atoms with E-state index in [0.717, 1.165) is 33.7 Å². The summed E-state index contributed by atoms with van der Waals surface area (Å²) in [6.07, 6.45) is 4.50. The van der Waals surface area contributed by atoms with E-state index in [1.54, 1.807) is 27.4 Å². The van der Waals surface area contributed by atoms with Gasteiger partial charge in [0.25, 0.3) is 0 Å². The molecule has 2 aliphatic heterocycles. The van der Waals surface area contributed by atoms with Crippen molar-refractivity contribution in [3.05, 3.63) is 53.6 Å². The highest BCUT2D eigenvalue weighted by molar-refractivity contribution is 6.12. The number of fused-ring (bicyclic) bond motifs is 7. The van der Waals surface area contributed by atoms with Gasteiger partial charge in [0.05, 0.1) is 27.4 Å². The predicted octanol–water partition coefficient (Wildman–Crippen LogP) is 3.84. The lowest BCUT2D eigenvalue weighted by molar-refractivity contribution is -0.126. The largest absolute Gasteiger partial charge is 0.497 e. The monoisotopic (exact) mass is 375 g/mol. The van der Waals surface area contributed by atoms with E-state index in [4.69, 9.17) is 14.2 Å². The summed E-state index contributed by atoms with van der Waals surface area (Å²) in [6, 6.07) is 10.3. The van der Waals surface area contributed by atoms with E-state index in [1.807, 2.05) is 23.1 Å². The third kappa shape index (κ3) is 2.29. The van der Waals surface area contributed by atoms with Crippen LogP contribution in [0.3, 0.4) is 0 Å². The summed E-state index contributed by atoms with van der Waals surface area (Å²) in [5, 5.41) is 4.48. The Bertz CT molecular complexity index is 1160. The summed E-state index contributed by atoms with van der Waals surface area (Å²) in [6.45, 7) is 0.610. The van der Waals surface area contributed by atoms with Crippen molar-refractivity contribution in [2.75, 3.05) is 21.3 Å². The van der Waals surface area contributed by atoms with Crippen molar-refractivity contribution < 1.29 is 19.0 Å². The van der Waals surface area contributed by atoms with Gasteiger partial charge < -0.3 is 19.1 Å². The third-order valence-corrected chi connectivity index (χ3v) is 5.94. The number of amides is 1. The Balaban J connectivity index is 1.88. The number of benzene rings is 3. The maximum atomic E-state index is 12.3.